The second kappa shape index (κ2) is 6.13. The van der Waals surface area contributed by atoms with Crippen molar-refractivity contribution < 1.29 is 9.90 Å². The lowest BCUT2D eigenvalue weighted by Gasteiger charge is -2.06. The smallest absolute Gasteiger partial charge is 0.255 e. The van der Waals surface area contributed by atoms with Gasteiger partial charge in [-0.25, -0.2) is 0 Å². The predicted octanol–water partition coefficient (Wildman–Crippen LogP) is 2.19. The molecule has 1 aromatic carbocycles. The van der Waals surface area contributed by atoms with Crippen LogP contribution in [0.3, 0.4) is 0 Å². The molecule has 0 heterocycles. The van der Waals surface area contributed by atoms with Crippen LogP contribution in [0.1, 0.15) is 23.2 Å². The number of carbonyl (C=O) groups excluding carboxylic acids is 1. The molecule has 1 rings (SSSR count). The van der Waals surface area contributed by atoms with Crippen LogP contribution in [0.15, 0.2) is 22.7 Å². The summed E-state index contributed by atoms with van der Waals surface area (Å²) in [7, 11) is 0. The molecule has 1 amide bonds. The molecular weight excluding hydrogens is 272 g/mol. The van der Waals surface area contributed by atoms with Crippen LogP contribution in [0, 0.1) is 11.3 Å². The highest BCUT2D eigenvalue weighted by molar-refractivity contribution is 9.10. The Bertz CT molecular complexity index is 426. The molecule has 0 aliphatic carbocycles. The number of halogens is 1. The Kier molecular flexibility index (Phi) is 4.80. The van der Waals surface area contributed by atoms with Crippen molar-refractivity contribution in [1.82, 2.24) is 5.32 Å². The van der Waals surface area contributed by atoms with Gasteiger partial charge in [-0.2, -0.15) is 5.26 Å². The zero-order valence-electron chi connectivity index (χ0n) is 8.53. The Balaban J connectivity index is 2.59. The molecule has 1 aromatic rings. The van der Waals surface area contributed by atoms with E-state index in [0.717, 1.165) is 4.47 Å². The third-order valence-corrected chi connectivity index (χ3v) is 2.45. The molecule has 0 radical (unpaired) electrons. The number of benzene rings is 1. The number of rotatable bonds is 4. The molecule has 0 aliphatic rings. The first-order valence-corrected chi connectivity index (χ1v) is 5.58. The van der Waals surface area contributed by atoms with Crippen molar-refractivity contribution in [3.8, 4) is 11.8 Å². The highest BCUT2D eigenvalue weighted by Crippen LogP contribution is 2.21. The van der Waals surface area contributed by atoms with Crippen LogP contribution in [-0.4, -0.2) is 17.6 Å². The monoisotopic (exact) mass is 282 g/mol. The molecule has 0 unspecified atom stereocenters. The van der Waals surface area contributed by atoms with Crippen molar-refractivity contribution >= 4 is 21.8 Å². The van der Waals surface area contributed by atoms with Crippen molar-refractivity contribution in [2.24, 2.45) is 0 Å². The van der Waals surface area contributed by atoms with E-state index in [4.69, 9.17) is 5.26 Å². The van der Waals surface area contributed by atoms with E-state index in [1.54, 1.807) is 12.1 Å². The number of nitrogens with zero attached hydrogens (tertiary/aromatic N) is 1. The first-order valence-electron chi connectivity index (χ1n) is 4.79. The van der Waals surface area contributed by atoms with Gasteiger partial charge < -0.3 is 10.4 Å². The summed E-state index contributed by atoms with van der Waals surface area (Å²) < 4.78 is 0.729. The van der Waals surface area contributed by atoms with Crippen molar-refractivity contribution in [3.63, 3.8) is 0 Å². The van der Waals surface area contributed by atoms with Gasteiger partial charge in [0.1, 0.15) is 5.75 Å². The van der Waals surface area contributed by atoms with Gasteiger partial charge in [0.2, 0.25) is 0 Å². The molecule has 0 aliphatic heterocycles. The standard InChI is InChI=1S/C11H11BrN2O2/c12-8-3-4-10(15)9(7-8)11(16)14-6-2-1-5-13/h3-4,7,15H,1-2,6H2,(H,14,16). The van der Waals surface area contributed by atoms with Gasteiger partial charge in [-0.05, 0) is 24.6 Å². The number of nitriles is 1. The van der Waals surface area contributed by atoms with E-state index in [0.29, 0.717) is 19.4 Å². The summed E-state index contributed by atoms with van der Waals surface area (Å²) in [5, 5.41) is 20.4. The van der Waals surface area contributed by atoms with Crippen molar-refractivity contribution in [2.75, 3.05) is 6.54 Å². The van der Waals surface area contributed by atoms with Gasteiger partial charge in [-0.15, -0.1) is 0 Å². The zero-order valence-corrected chi connectivity index (χ0v) is 10.1. The topological polar surface area (TPSA) is 73.1 Å². The van der Waals surface area contributed by atoms with Crippen LogP contribution in [-0.2, 0) is 0 Å². The fraction of sp³-hybridized carbons (Fsp3) is 0.273. The minimum absolute atomic E-state index is 0.0546. The molecule has 0 aromatic heterocycles. The van der Waals surface area contributed by atoms with E-state index in [1.807, 2.05) is 6.07 Å². The van der Waals surface area contributed by atoms with E-state index >= 15 is 0 Å². The normalized spacial score (nSPS) is 9.50. The molecule has 5 heteroatoms. The molecule has 0 saturated carbocycles. The quantitative estimate of drug-likeness (QED) is 0.832. The van der Waals surface area contributed by atoms with Crippen LogP contribution >= 0.6 is 15.9 Å². The fourth-order valence-electron chi connectivity index (χ4n) is 1.15. The summed E-state index contributed by atoms with van der Waals surface area (Å²) in [4.78, 5) is 11.6. The molecule has 4 nitrogen and oxygen atoms in total. The largest absolute Gasteiger partial charge is 0.507 e. The molecule has 0 atom stereocenters. The van der Waals surface area contributed by atoms with Crippen molar-refractivity contribution in [3.05, 3.63) is 28.2 Å². The van der Waals surface area contributed by atoms with Gasteiger partial charge in [0.15, 0.2) is 0 Å². The van der Waals surface area contributed by atoms with Crippen LogP contribution < -0.4 is 5.32 Å². The third kappa shape index (κ3) is 3.55. The summed E-state index contributed by atoms with van der Waals surface area (Å²) in [6, 6.07) is 6.65. The average molecular weight is 283 g/mol. The maximum atomic E-state index is 11.6. The molecule has 0 fully saturated rings. The molecule has 0 bridgehead atoms. The minimum Gasteiger partial charge on any atom is -0.507 e. The van der Waals surface area contributed by atoms with Crippen molar-refractivity contribution in [2.45, 2.75) is 12.8 Å². The van der Waals surface area contributed by atoms with E-state index in [2.05, 4.69) is 21.2 Å². The number of nitrogens with one attached hydrogen (secondary N) is 1. The number of hydrogen-bond donors (Lipinski definition) is 2. The Morgan fingerprint density at radius 1 is 1.56 bits per heavy atom. The number of phenolic OH excluding ortho intramolecular Hbond substituents is 1. The number of carbonyl (C=O) groups is 1. The van der Waals surface area contributed by atoms with Gasteiger partial charge in [0, 0.05) is 17.4 Å². The lowest BCUT2D eigenvalue weighted by molar-refractivity contribution is 0.0950. The van der Waals surface area contributed by atoms with Gasteiger partial charge in [-0.1, -0.05) is 15.9 Å². The molecule has 84 valence electrons. The predicted molar refractivity (Wildman–Crippen MR) is 63.0 cm³/mol. The minimum atomic E-state index is -0.336. The van der Waals surface area contributed by atoms with E-state index in [-0.39, 0.29) is 17.2 Å². The zero-order chi connectivity index (χ0) is 12.0. The molecule has 2 N–H and O–H groups in total. The Labute approximate surface area is 102 Å². The average Bonchev–Trinajstić information content (AvgIpc) is 2.27. The number of phenols is 1. The van der Waals surface area contributed by atoms with Gasteiger partial charge in [0.05, 0.1) is 11.6 Å². The van der Waals surface area contributed by atoms with Crippen LogP contribution in [0.25, 0.3) is 0 Å². The Morgan fingerprint density at radius 2 is 2.31 bits per heavy atom. The second-order valence-electron chi connectivity index (χ2n) is 3.18. The Hall–Kier alpha value is -1.54. The van der Waals surface area contributed by atoms with E-state index in [9.17, 15) is 9.90 Å². The molecule has 0 spiro atoms. The van der Waals surface area contributed by atoms with E-state index in [1.165, 1.54) is 6.07 Å². The van der Waals surface area contributed by atoms with Crippen LogP contribution in [0.2, 0.25) is 0 Å². The first kappa shape index (κ1) is 12.5. The van der Waals surface area contributed by atoms with Gasteiger partial charge in [0.25, 0.3) is 5.91 Å². The van der Waals surface area contributed by atoms with Crippen LogP contribution in [0.4, 0.5) is 0 Å². The molecular formula is C11H11BrN2O2. The van der Waals surface area contributed by atoms with Gasteiger partial charge >= 0.3 is 0 Å². The molecule has 16 heavy (non-hydrogen) atoms. The SMILES string of the molecule is N#CCCCNC(=O)c1cc(Br)ccc1O. The summed E-state index contributed by atoms with van der Waals surface area (Å²) in [5.41, 5.74) is 0.228. The highest BCUT2D eigenvalue weighted by atomic mass is 79.9. The maximum Gasteiger partial charge on any atom is 0.255 e. The maximum absolute atomic E-state index is 11.6. The second-order valence-corrected chi connectivity index (χ2v) is 4.09. The number of aromatic hydroxyl groups is 1. The third-order valence-electron chi connectivity index (χ3n) is 1.95. The first-order chi connectivity index (χ1) is 7.65. The lowest BCUT2D eigenvalue weighted by atomic mass is 10.2. The summed E-state index contributed by atoms with van der Waals surface area (Å²) >= 11 is 3.22. The van der Waals surface area contributed by atoms with Crippen molar-refractivity contribution in [1.29, 1.82) is 5.26 Å². The number of hydrogen-bond acceptors (Lipinski definition) is 3. The van der Waals surface area contributed by atoms with E-state index < -0.39 is 0 Å². The van der Waals surface area contributed by atoms with Crippen LogP contribution in [0.5, 0.6) is 5.75 Å². The number of amides is 1. The lowest BCUT2D eigenvalue weighted by Crippen LogP contribution is -2.24. The fourth-order valence-corrected chi connectivity index (χ4v) is 1.52. The highest BCUT2D eigenvalue weighted by Gasteiger charge is 2.10. The summed E-state index contributed by atoms with van der Waals surface area (Å²) in [5.74, 6) is -0.391. The Morgan fingerprint density at radius 3 is 3.00 bits per heavy atom. The summed E-state index contributed by atoms with van der Waals surface area (Å²) in [6.45, 7) is 0.429. The molecule has 0 saturated heterocycles. The summed E-state index contributed by atoms with van der Waals surface area (Å²) in [6.07, 6.45) is 1.02. The number of unbranched alkanes of at least 4 members (excludes halogenated alkanes) is 1. The van der Waals surface area contributed by atoms with Gasteiger partial charge in [-0.3, -0.25) is 4.79 Å².